The van der Waals surface area contributed by atoms with E-state index in [0.717, 1.165) is 18.4 Å². The van der Waals surface area contributed by atoms with Crippen molar-refractivity contribution in [2.45, 2.75) is 123 Å². The molecule has 216 valence electrons. The summed E-state index contributed by atoms with van der Waals surface area (Å²) in [6.45, 7) is 12.7. The van der Waals surface area contributed by atoms with Crippen LogP contribution in [-0.4, -0.2) is 69.5 Å². The Morgan fingerprint density at radius 3 is 2.61 bits per heavy atom. The molecule has 8 nitrogen and oxygen atoms in total. The van der Waals surface area contributed by atoms with Gasteiger partial charge in [-0.1, -0.05) is 52.0 Å². The molecule has 2 aliphatic heterocycles. The average Bonchev–Trinajstić information content (AvgIpc) is 3.60. The number of allylic oxidation sites excluding steroid dienone is 3. The minimum absolute atomic E-state index is 0.105. The van der Waals surface area contributed by atoms with Crippen LogP contribution in [0, 0.1) is 17.8 Å². The van der Waals surface area contributed by atoms with Gasteiger partial charge in [0, 0.05) is 18.8 Å². The molecule has 0 aromatic rings. The van der Waals surface area contributed by atoms with Crippen LogP contribution in [0.4, 0.5) is 0 Å². The number of aliphatic hydroxyl groups is 3. The molecule has 0 spiro atoms. The number of ether oxygens (including phenoxy) is 3. The van der Waals surface area contributed by atoms with Crippen molar-refractivity contribution in [1.29, 1.82) is 0 Å². The number of aliphatic hydroxyl groups excluding tert-OH is 2. The van der Waals surface area contributed by atoms with E-state index < -0.39 is 35.9 Å². The maximum absolute atomic E-state index is 12.6. The third kappa shape index (κ3) is 9.95. The molecular weight excluding hydrogens is 488 g/mol. The lowest BCUT2D eigenvalue weighted by Gasteiger charge is -2.32. The Morgan fingerprint density at radius 2 is 1.97 bits per heavy atom. The molecule has 2 heterocycles. The lowest BCUT2D eigenvalue weighted by Crippen LogP contribution is -2.42. The largest absolute Gasteiger partial charge is 0.457 e. The van der Waals surface area contributed by atoms with E-state index in [1.807, 2.05) is 39.8 Å². The normalized spacial score (nSPS) is 36.4. The summed E-state index contributed by atoms with van der Waals surface area (Å²) in [6, 6.07) is 0. The van der Waals surface area contributed by atoms with Crippen molar-refractivity contribution in [1.82, 2.24) is 0 Å². The number of esters is 2. The van der Waals surface area contributed by atoms with Gasteiger partial charge in [-0.25, -0.2) is 0 Å². The van der Waals surface area contributed by atoms with Crippen LogP contribution >= 0.6 is 0 Å². The van der Waals surface area contributed by atoms with E-state index in [0.29, 0.717) is 0 Å². The molecule has 2 rings (SSSR count). The molecule has 0 amide bonds. The van der Waals surface area contributed by atoms with Gasteiger partial charge in [-0.15, -0.1) is 0 Å². The van der Waals surface area contributed by atoms with Crippen LogP contribution in [0.25, 0.3) is 0 Å². The van der Waals surface area contributed by atoms with Crippen molar-refractivity contribution in [2.24, 2.45) is 17.8 Å². The van der Waals surface area contributed by atoms with E-state index in [4.69, 9.17) is 14.2 Å². The summed E-state index contributed by atoms with van der Waals surface area (Å²) in [5, 5.41) is 31.3. The van der Waals surface area contributed by atoms with Crippen molar-refractivity contribution in [2.75, 3.05) is 0 Å². The minimum Gasteiger partial charge on any atom is -0.457 e. The first-order valence-corrected chi connectivity index (χ1v) is 13.9. The van der Waals surface area contributed by atoms with E-state index in [9.17, 15) is 24.9 Å². The van der Waals surface area contributed by atoms with E-state index in [2.05, 4.69) is 13.0 Å². The first-order chi connectivity index (χ1) is 17.7. The molecule has 10 atom stereocenters. The number of carbonyl (C=O) groups excluding carboxylic acids is 2. The van der Waals surface area contributed by atoms with Crippen LogP contribution in [0.15, 0.2) is 36.0 Å². The van der Waals surface area contributed by atoms with Gasteiger partial charge in [0.15, 0.2) is 0 Å². The zero-order valence-corrected chi connectivity index (χ0v) is 24.0. The van der Waals surface area contributed by atoms with Gasteiger partial charge in [0.2, 0.25) is 0 Å². The third-order valence-corrected chi connectivity index (χ3v) is 7.63. The maximum atomic E-state index is 12.6. The standard InChI is InChI=1S/C30H48O8/c1-8-24(33)21(5)29-25(37-29)16-18(2)10-9-11-19(3)28-20(4)12-13-26(36-22(6)31)30(7,35)15-14-23(32)17-27(34)38-28/h9-13,18,20-21,23-26,28-29,32-33,35H,8,14-17H2,1-7H3/b10-9+,13-12+,19-11+/t18-,20+,21-,23-,24+,25+,26+,28-,29-,30-/m1/s1. The molecule has 2 aliphatic rings. The van der Waals surface area contributed by atoms with Crippen molar-refractivity contribution in [3.8, 4) is 0 Å². The molecule has 0 unspecified atom stereocenters. The molecule has 0 bridgehead atoms. The van der Waals surface area contributed by atoms with Crippen LogP contribution in [0.2, 0.25) is 0 Å². The van der Waals surface area contributed by atoms with Crippen LogP contribution < -0.4 is 0 Å². The van der Waals surface area contributed by atoms with Gasteiger partial charge in [-0.05, 0) is 57.1 Å². The number of epoxide rings is 1. The third-order valence-electron chi connectivity index (χ3n) is 7.63. The number of rotatable bonds is 9. The topological polar surface area (TPSA) is 126 Å². The quantitative estimate of drug-likeness (QED) is 0.175. The Labute approximate surface area is 227 Å². The van der Waals surface area contributed by atoms with Crippen LogP contribution in [0.1, 0.15) is 80.6 Å². The van der Waals surface area contributed by atoms with Gasteiger partial charge in [-0.2, -0.15) is 0 Å². The zero-order valence-electron chi connectivity index (χ0n) is 24.0. The van der Waals surface area contributed by atoms with E-state index in [1.165, 1.54) is 6.92 Å². The van der Waals surface area contributed by atoms with Crippen LogP contribution in [0.3, 0.4) is 0 Å². The molecule has 8 heteroatoms. The second kappa shape index (κ2) is 14.4. The van der Waals surface area contributed by atoms with Crippen LogP contribution in [0.5, 0.6) is 0 Å². The zero-order chi connectivity index (χ0) is 28.6. The fourth-order valence-corrected chi connectivity index (χ4v) is 4.97. The molecule has 0 radical (unpaired) electrons. The Balaban J connectivity index is 2.12. The second-order valence-corrected chi connectivity index (χ2v) is 11.4. The van der Waals surface area contributed by atoms with Crippen molar-refractivity contribution >= 4 is 11.9 Å². The Bertz CT molecular complexity index is 875. The maximum Gasteiger partial charge on any atom is 0.309 e. The Morgan fingerprint density at radius 1 is 1.29 bits per heavy atom. The Kier molecular flexibility index (Phi) is 12.2. The molecule has 1 fully saturated rings. The van der Waals surface area contributed by atoms with Gasteiger partial charge in [0.25, 0.3) is 0 Å². The smallest absolute Gasteiger partial charge is 0.309 e. The summed E-state index contributed by atoms with van der Waals surface area (Å²) in [5.41, 5.74) is -0.580. The van der Waals surface area contributed by atoms with Gasteiger partial charge in [-0.3, -0.25) is 9.59 Å². The summed E-state index contributed by atoms with van der Waals surface area (Å²) in [4.78, 5) is 24.2. The van der Waals surface area contributed by atoms with Crippen molar-refractivity contribution in [3.05, 3.63) is 36.0 Å². The summed E-state index contributed by atoms with van der Waals surface area (Å²) in [5.74, 6) is -0.921. The van der Waals surface area contributed by atoms with Crippen LogP contribution in [-0.2, 0) is 23.8 Å². The highest BCUT2D eigenvalue weighted by Gasteiger charge is 2.45. The van der Waals surface area contributed by atoms with E-state index >= 15 is 0 Å². The summed E-state index contributed by atoms with van der Waals surface area (Å²) < 4.78 is 16.9. The number of hydrogen-bond acceptors (Lipinski definition) is 8. The predicted octanol–water partition coefficient (Wildman–Crippen LogP) is 4.02. The highest BCUT2D eigenvalue weighted by molar-refractivity contribution is 5.70. The lowest BCUT2D eigenvalue weighted by atomic mass is 9.88. The number of hydrogen-bond donors (Lipinski definition) is 3. The van der Waals surface area contributed by atoms with Crippen molar-refractivity contribution < 1.29 is 39.1 Å². The molecule has 1 saturated heterocycles. The first kappa shape index (κ1) is 32.2. The molecule has 0 aromatic carbocycles. The first-order valence-electron chi connectivity index (χ1n) is 13.9. The highest BCUT2D eigenvalue weighted by atomic mass is 16.6. The van der Waals surface area contributed by atoms with Crippen molar-refractivity contribution in [3.63, 3.8) is 0 Å². The summed E-state index contributed by atoms with van der Waals surface area (Å²) in [6.07, 6.45) is 8.50. The van der Waals surface area contributed by atoms with Gasteiger partial charge >= 0.3 is 11.9 Å². The fraction of sp³-hybridized carbons (Fsp3) is 0.733. The van der Waals surface area contributed by atoms with Gasteiger partial charge in [0.05, 0.1) is 30.8 Å². The average molecular weight is 537 g/mol. The van der Waals surface area contributed by atoms with Gasteiger partial charge < -0.3 is 29.5 Å². The highest BCUT2D eigenvalue weighted by Crippen LogP contribution is 2.36. The predicted molar refractivity (Wildman–Crippen MR) is 145 cm³/mol. The number of cyclic esters (lactones) is 1. The van der Waals surface area contributed by atoms with Gasteiger partial charge in [0.1, 0.15) is 17.8 Å². The number of carbonyl (C=O) groups is 2. The molecule has 0 aliphatic carbocycles. The minimum atomic E-state index is -1.40. The SMILES string of the molecule is CC[C@H](O)[C@@H](C)[C@H]1O[C@H]1C[C@H](C)/C=C/C=C(\C)[C@H]1OC(=O)C[C@H](O)CC[C@@](C)(O)[C@@H](OC(C)=O)/C=C/[C@@H]1C. The molecule has 0 aromatic heterocycles. The Hall–Kier alpha value is -2.00. The summed E-state index contributed by atoms with van der Waals surface area (Å²) >= 11 is 0. The lowest BCUT2D eigenvalue weighted by molar-refractivity contribution is -0.157. The molecular formula is C30H48O8. The summed E-state index contributed by atoms with van der Waals surface area (Å²) in [7, 11) is 0. The van der Waals surface area contributed by atoms with E-state index in [1.54, 1.807) is 19.1 Å². The molecule has 38 heavy (non-hydrogen) atoms. The fourth-order valence-electron chi connectivity index (χ4n) is 4.97. The monoisotopic (exact) mass is 536 g/mol. The second-order valence-electron chi connectivity index (χ2n) is 11.4. The van der Waals surface area contributed by atoms with E-state index in [-0.39, 0.29) is 55.3 Å². The molecule has 0 saturated carbocycles. The molecule has 3 N–H and O–H groups in total.